The van der Waals surface area contributed by atoms with Crippen molar-refractivity contribution in [1.29, 1.82) is 0 Å². The van der Waals surface area contributed by atoms with Crippen LogP contribution in [0.4, 0.5) is 10.1 Å². The molecule has 2 nitrogen and oxygen atoms in total. The molecule has 0 aromatic heterocycles. The third-order valence-corrected chi connectivity index (χ3v) is 2.88. The molecular weight excluding hydrogens is 291 g/mol. The lowest BCUT2D eigenvalue weighted by Crippen LogP contribution is -2.35. The summed E-state index contributed by atoms with van der Waals surface area (Å²) in [4.78, 5) is 0. The Morgan fingerprint density at radius 1 is 1.56 bits per heavy atom. The van der Waals surface area contributed by atoms with Crippen molar-refractivity contribution in [2.75, 3.05) is 5.32 Å². The molecule has 0 heterocycles. The molecule has 0 spiro atoms. The maximum Gasteiger partial charge on any atom is 0.171 e. The second-order valence-electron chi connectivity index (χ2n) is 3.53. The van der Waals surface area contributed by atoms with Crippen LogP contribution in [0.1, 0.15) is 20.3 Å². The minimum absolute atomic E-state index is 0.276. The van der Waals surface area contributed by atoms with E-state index in [9.17, 15) is 4.39 Å². The Hall–Kier alpha value is -0.680. The molecule has 0 saturated heterocycles. The highest BCUT2D eigenvalue weighted by molar-refractivity contribution is 9.10. The third kappa shape index (κ3) is 4.06. The second kappa shape index (κ2) is 6.15. The molecule has 0 aliphatic heterocycles. The summed E-state index contributed by atoms with van der Waals surface area (Å²) in [5.41, 5.74) is 0.379. The average molecular weight is 305 g/mol. The number of anilines is 1. The number of nitrogens with one attached hydrogen (secondary N) is 2. The van der Waals surface area contributed by atoms with Crippen molar-refractivity contribution in [3.63, 3.8) is 0 Å². The van der Waals surface area contributed by atoms with Crippen LogP contribution in [-0.4, -0.2) is 11.2 Å². The molecule has 0 amide bonds. The lowest BCUT2D eigenvalue weighted by Gasteiger charge is -2.15. The van der Waals surface area contributed by atoms with Crippen LogP contribution in [-0.2, 0) is 0 Å². The third-order valence-electron chi connectivity index (χ3n) is 2.17. The maximum atomic E-state index is 13.5. The summed E-state index contributed by atoms with van der Waals surface area (Å²) in [5, 5.41) is 6.33. The Balaban J connectivity index is 2.63. The van der Waals surface area contributed by atoms with Crippen LogP contribution >= 0.6 is 28.1 Å². The molecule has 0 saturated carbocycles. The topological polar surface area (TPSA) is 24.1 Å². The molecular formula is C11H14BrFN2S. The first kappa shape index (κ1) is 13.4. The molecule has 16 heavy (non-hydrogen) atoms. The monoisotopic (exact) mass is 304 g/mol. The summed E-state index contributed by atoms with van der Waals surface area (Å²) in [6.45, 7) is 4.08. The first-order chi connectivity index (χ1) is 7.52. The summed E-state index contributed by atoms with van der Waals surface area (Å²) in [6, 6.07) is 5.08. The molecule has 1 aromatic carbocycles. The van der Waals surface area contributed by atoms with Gasteiger partial charge in [-0.2, -0.15) is 0 Å². The molecule has 0 aliphatic rings. The Morgan fingerprint density at radius 3 is 2.81 bits per heavy atom. The second-order valence-corrected chi connectivity index (χ2v) is 4.86. The fraction of sp³-hybridized carbons (Fsp3) is 0.364. The van der Waals surface area contributed by atoms with E-state index in [-0.39, 0.29) is 11.9 Å². The number of rotatable bonds is 3. The van der Waals surface area contributed by atoms with E-state index < -0.39 is 0 Å². The number of halogens is 2. The predicted molar refractivity (Wildman–Crippen MR) is 73.2 cm³/mol. The lowest BCUT2D eigenvalue weighted by atomic mass is 10.3. The van der Waals surface area contributed by atoms with E-state index in [4.69, 9.17) is 12.2 Å². The molecule has 1 unspecified atom stereocenters. The first-order valence-corrected chi connectivity index (χ1v) is 6.25. The van der Waals surface area contributed by atoms with Gasteiger partial charge in [0.2, 0.25) is 0 Å². The number of hydrogen-bond donors (Lipinski definition) is 2. The molecule has 5 heteroatoms. The smallest absolute Gasteiger partial charge is 0.171 e. The normalized spacial score (nSPS) is 12.0. The minimum Gasteiger partial charge on any atom is -0.360 e. The van der Waals surface area contributed by atoms with Crippen molar-refractivity contribution in [3.05, 3.63) is 28.5 Å². The van der Waals surface area contributed by atoms with Gasteiger partial charge in [-0.05, 0) is 43.8 Å². The number of benzene rings is 1. The van der Waals surface area contributed by atoms with E-state index in [1.807, 2.05) is 6.92 Å². The van der Waals surface area contributed by atoms with Gasteiger partial charge >= 0.3 is 0 Å². The summed E-state index contributed by atoms with van der Waals surface area (Å²) in [6.07, 6.45) is 0.963. The van der Waals surface area contributed by atoms with Gasteiger partial charge in [0.1, 0.15) is 5.82 Å². The van der Waals surface area contributed by atoms with Crippen LogP contribution in [0.5, 0.6) is 0 Å². The zero-order chi connectivity index (χ0) is 12.1. The van der Waals surface area contributed by atoms with Crippen LogP contribution < -0.4 is 10.6 Å². The molecule has 1 aromatic rings. The van der Waals surface area contributed by atoms with Crippen LogP contribution in [0, 0.1) is 5.82 Å². The number of hydrogen-bond acceptors (Lipinski definition) is 1. The number of thiocarbonyl (C=S) groups is 1. The van der Waals surface area contributed by atoms with E-state index in [2.05, 4.69) is 33.5 Å². The van der Waals surface area contributed by atoms with E-state index in [0.29, 0.717) is 15.3 Å². The van der Waals surface area contributed by atoms with Gasteiger partial charge in [0.25, 0.3) is 0 Å². The summed E-state index contributed by atoms with van der Waals surface area (Å²) in [5.74, 6) is -0.331. The van der Waals surface area contributed by atoms with Crippen molar-refractivity contribution < 1.29 is 4.39 Å². The van der Waals surface area contributed by atoms with Crippen molar-refractivity contribution >= 4 is 38.9 Å². The van der Waals surface area contributed by atoms with E-state index in [0.717, 1.165) is 6.42 Å². The first-order valence-electron chi connectivity index (χ1n) is 5.05. The van der Waals surface area contributed by atoms with Crippen LogP contribution in [0.25, 0.3) is 0 Å². The molecule has 1 rings (SSSR count). The summed E-state index contributed by atoms with van der Waals surface area (Å²) < 4.78 is 14.2. The zero-order valence-corrected chi connectivity index (χ0v) is 11.6. The van der Waals surface area contributed by atoms with Gasteiger partial charge in [0, 0.05) is 10.5 Å². The maximum absolute atomic E-state index is 13.5. The molecule has 2 N–H and O–H groups in total. The molecule has 0 bridgehead atoms. The van der Waals surface area contributed by atoms with Crippen LogP contribution in [0.2, 0.25) is 0 Å². The van der Waals surface area contributed by atoms with Gasteiger partial charge in [0.05, 0.1) is 5.69 Å². The molecule has 0 radical (unpaired) electrons. The van der Waals surface area contributed by atoms with Gasteiger partial charge in [-0.25, -0.2) is 4.39 Å². The fourth-order valence-electron chi connectivity index (χ4n) is 1.08. The largest absolute Gasteiger partial charge is 0.360 e. The Kier molecular flexibility index (Phi) is 5.15. The van der Waals surface area contributed by atoms with Gasteiger partial charge in [-0.1, -0.05) is 22.9 Å². The molecule has 0 fully saturated rings. The highest BCUT2D eigenvalue weighted by Crippen LogP contribution is 2.19. The molecule has 1 atom stereocenters. The van der Waals surface area contributed by atoms with Crippen molar-refractivity contribution in [2.24, 2.45) is 0 Å². The van der Waals surface area contributed by atoms with E-state index in [1.54, 1.807) is 12.1 Å². The van der Waals surface area contributed by atoms with E-state index in [1.165, 1.54) is 6.07 Å². The highest BCUT2D eigenvalue weighted by atomic mass is 79.9. The van der Waals surface area contributed by atoms with Crippen molar-refractivity contribution in [1.82, 2.24) is 5.32 Å². The predicted octanol–water partition coefficient (Wildman–Crippen LogP) is 3.67. The molecule has 0 aliphatic carbocycles. The average Bonchev–Trinajstić information content (AvgIpc) is 2.22. The van der Waals surface area contributed by atoms with Crippen molar-refractivity contribution in [2.45, 2.75) is 26.3 Å². The lowest BCUT2D eigenvalue weighted by molar-refractivity contribution is 0.628. The highest BCUT2D eigenvalue weighted by Gasteiger charge is 2.06. The van der Waals surface area contributed by atoms with Gasteiger partial charge in [-0.15, -0.1) is 0 Å². The summed E-state index contributed by atoms with van der Waals surface area (Å²) >= 11 is 8.27. The Labute approximate surface area is 109 Å². The molecule has 88 valence electrons. The standard InChI is InChI=1S/C11H14BrFN2S/c1-3-7(2)14-11(16)15-10-5-4-8(12)6-9(10)13/h4-7H,3H2,1-2H3,(H2,14,15,16). The minimum atomic E-state index is -0.331. The quantitative estimate of drug-likeness (QED) is 0.833. The van der Waals surface area contributed by atoms with Gasteiger partial charge < -0.3 is 10.6 Å². The van der Waals surface area contributed by atoms with Gasteiger partial charge in [-0.3, -0.25) is 0 Å². The van der Waals surface area contributed by atoms with Crippen LogP contribution in [0.15, 0.2) is 22.7 Å². The van der Waals surface area contributed by atoms with Gasteiger partial charge in [0.15, 0.2) is 5.11 Å². The Morgan fingerprint density at radius 2 is 2.25 bits per heavy atom. The van der Waals surface area contributed by atoms with E-state index >= 15 is 0 Å². The zero-order valence-electron chi connectivity index (χ0n) is 9.18. The van der Waals surface area contributed by atoms with Crippen molar-refractivity contribution in [3.8, 4) is 0 Å². The summed E-state index contributed by atoms with van der Waals surface area (Å²) in [7, 11) is 0. The fourth-order valence-corrected chi connectivity index (χ4v) is 1.72. The SMILES string of the molecule is CCC(C)NC(=S)Nc1ccc(Br)cc1F. The Bertz CT molecular complexity index is 384. The van der Waals surface area contributed by atoms with Crippen LogP contribution in [0.3, 0.4) is 0 Å².